The number of sulfone groups is 1. The highest BCUT2D eigenvalue weighted by Gasteiger charge is 2.25. The van der Waals surface area contributed by atoms with Gasteiger partial charge in [0.2, 0.25) is 11.8 Å². The molecule has 24 heavy (non-hydrogen) atoms. The first kappa shape index (κ1) is 17.3. The Morgan fingerprint density at radius 3 is 2.83 bits per heavy atom. The van der Waals surface area contributed by atoms with Crippen LogP contribution in [0.5, 0.6) is 0 Å². The van der Waals surface area contributed by atoms with Crippen molar-refractivity contribution < 1.29 is 18.0 Å². The minimum atomic E-state index is -3.57. The van der Waals surface area contributed by atoms with Gasteiger partial charge in [-0.15, -0.1) is 11.8 Å². The molecule has 0 radical (unpaired) electrons. The van der Waals surface area contributed by atoms with Crippen LogP contribution in [0, 0.1) is 5.92 Å². The lowest BCUT2D eigenvalue weighted by Gasteiger charge is -2.10. The van der Waals surface area contributed by atoms with Gasteiger partial charge in [-0.1, -0.05) is 6.92 Å². The van der Waals surface area contributed by atoms with E-state index < -0.39 is 9.84 Å². The number of rotatable bonds is 5. The number of hydrogen-bond acceptors (Lipinski definition) is 5. The van der Waals surface area contributed by atoms with E-state index in [1.54, 1.807) is 12.1 Å². The lowest BCUT2D eigenvalue weighted by Crippen LogP contribution is -2.27. The Hall–Kier alpha value is -1.54. The first-order chi connectivity index (χ1) is 11.3. The van der Waals surface area contributed by atoms with E-state index in [1.165, 1.54) is 17.8 Å². The number of anilines is 1. The summed E-state index contributed by atoms with van der Waals surface area (Å²) in [6.45, 7) is 1.84. The van der Waals surface area contributed by atoms with Crippen molar-refractivity contribution in [3.8, 4) is 0 Å². The molecule has 0 aromatic heterocycles. The molecule has 0 bridgehead atoms. The quantitative estimate of drug-likeness (QED) is 0.827. The van der Waals surface area contributed by atoms with Crippen LogP contribution in [-0.4, -0.2) is 37.8 Å². The number of fused-ring (bicyclic) bond motifs is 1. The van der Waals surface area contributed by atoms with Crippen LogP contribution in [0.25, 0.3) is 0 Å². The molecule has 130 valence electrons. The largest absolute Gasteiger partial charge is 0.353 e. The third-order valence-electron chi connectivity index (χ3n) is 4.04. The van der Waals surface area contributed by atoms with Crippen molar-refractivity contribution in [2.24, 2.45) is 5.92 Å². The summed E-state index contributed by atoms with van der Waals surface area (Å²) >= 11 is 1.53. The molecule has 8 heteroatoms. The zero-order valence-electron chi connectivity index (χ0n) is 13.4. The van der Waals surface area contributed by atoms with Gasteiger partial charge in [0.1, 0.15) is 0 Å². The average Bonchev–Trinajstić information content (AvgIpc) is 3.35. The van der Waals surface area contributed by atoms with Crippen LogP contribution in [0.15, 0.2) is 28.0 Å². The Labute approximate surface area is 145 Å². The molecule has 1 aliphatic carbocycles. The molecule has 1 aromatic rings. The van der Waals surface area contributed by atoms with Crippen LogP contribution in [0.4, 0.5) is 5.69 Å². The molecule has 0 saturated heterocycles. The second kappa shape index (κ2) is 6.76. The number of benzene rings is 1. The van der Waals surface area contributed by atoms with E-state index in [9.17, 15) is 18.0 Å². The van der Waals surface area contributed by atoms with E-state index in [0.717, 1.165) is 17.7 Å². The monoisotopic (exact) mass is 368 g/mol. The molecule has 3 rings (SSSR count). The van der Waals surface area contributed by atoms with Crippen LogP contribution in [0.2, 0.25) is 0 Å². The van der Waals surface area contributed by atoms with Crippen molar-refractivity contribution in [2.45, 2.75) is 42.0 Å². The number of amides is 2. The van der Waals surface area contributed by atoms with Gasteiger partial charge in [0, 0.05) is 29.0 Å². The molecule has 2 aliphatic rings. The SMILES string of the molecule is CC1CSc2ccc(S(=O)(=O)CCC(=O)NC3CC3)cc2NC1=O. The second-order valence-corrected chi connectivity index (χ2v) is 9.44. The molecular formula is C16H20N2O4S2. The summed E-state index contributed by atoms with van der Waals surface area (Å²) < 4.78 is 24.9. The normalized spacial score (nSPS) is 20.7. The zero-order chi connectivity index (χ0) is 17.3. The molecule has 1 atom stereocenters. The summed E-state index contributed by atoms with van der Waals surface area (Å²) in [6.07, 6.45) is 1.90. The molecule has 1 heterocycles. The standard InChI is InChI=1S/C16H20N2O4S2/c1-10-9-23-14-5-4-12(8-13(14)18-16(10)20)24(21,22)7-6-15(19)17-11-2-3-11/h4-5,8,10-11H,2-3,6-7,9H2,1H3,(H,17,19)(H,18,20). The Balaban J connectivity index is 1.72. The fourth-order valence-electron chi connectivity index (χ4n) is 2.34. The molecule has 1 aromatic carbocycles. The van der Waals surface area contributed by atoms with Crippen LogP contribution in [0.3, 0.4) is 0 Å². The fourth-order valence-corrected chi connectivity index (χ4v) is 4.62. The molecule has 2 amide bonds. The molecule has 1 fully saturated rings. The van der Waals surface area contributed by atoms with Crippen LogP contribution in [0.1, 0.15) is 26.2 Å². The predicted octanol–water partition coefficient (Wildman–Crippen LogP) is 1.81. The summed E-state index contributed by atoms with van der Waals surface area (Å²) in [7, 11) is -3.57. The number of hydrogen-bond donors (Lipinski definition) is 2. The van der Waals surface area contributed by atoms with Crippen molar-refractivity contribution in [3.05, 3.63) is 18.2 Å². The predicted molar refractivity (Wildman–Crippen MR) is 92.8 cm³/mol. The maximum atomic E-state index is 12.5. The zero-order valence-corrected chi connectivity index (χ0v) is 15.0. The molecule has 6 nitrogen and oxygen atoms in total. The Bertz CT molecular complexity index is 772. The van der Waals surface area contributed by atoms with Gasteiger partial charge in [-0.2, -0.15) is 0 Å². The van der Waals surface area contributed by atoms with Gasteiger partial charge < -0.3 is 10.6 Å². The summed E-state index contributed by atoms with van der Waals surface area (Å²) in [5, 5.41) is 5.56. The molecule has 1 unspecified atom stereocenters. The maximum Gasteiger partial charge on any atom is 0.228 e. The minimum Gasteiger partial charge on any atom is -0.353 e. The van der Waals surface area contributed by atoms with E-state index >= 15 is 0 Å². The lowest BCUT2D eigenvalue weighted by molar-refractivity contribution is -0.121. The Kier molecular flexibility index (Phi) is 4.87. The van der Waals surface area contributed by atoms with Gasteiger partial charge in [0.05, 0.1) is 16.3 Å². The fraction of sp³-hybridized carbons (Fsp3) is 0.500. The van der Waals surface area contributed by atoms with E-state index in [-0.39, 0.29) is 40.8 Å². The van der Waals surface area contributed by atoms with E-state index in [2.05, 4.69) is 10.6 Å². The van der Waals surface area contributed by atoms with Crippen molar-refractivity contribution in [2.75, 3.05) is 16.8 Å². The third-order valence-corrected chi connectivity index (χ3v) is 7.09. The van der Waals surface area contributed by atoms with Crippen molar-refractivity contribution in [1.82, 2.24) is 5.32 Å². The number of nitrogens with one attached hydrogen (secondary N) is 2. The van der Waals surface area contributed by atoms with Gasteiger partial charge >= 0.3 is 0 Å². The highest BCUT2D eigenvalue weighted by molar-refractivity contribution is 7.99. The van der Waals surface area contributed by atoms with Crippen molar-refractivity contribution in [1.29, 1.82) is 0 Å². The lowest BCUT2D eigenvalue weighted by atomic mass is 10.2. The van der Waals surface area contributed by atoms with Gasteiger partial charge in [0.25, 0.3) is 0 Å². The Morgan fingerprint density at radius 1 is 1.38 bits per heavy atom. The van der Waals surface area contributed by atoms with E-state index in [4.69, 9.17) is 0 Å². The van der Waals surface area contributed by atoms with E-state index in [0.29, 0.717) is 11.4 Å². The first-order valence-electron chi connectivity index (χ1n) is 7.95. The van der Waals surface area contributed by atoms with Gasteiger partial charge in [-0.3, -0.25) is 9.59 Å². The molecule has 1 aliphatic heterocycles. The van der Waals surface area contributed by atoms with E-state index in [1.807, 2.05) is 6.92 Å². The topological polar surface area (TPSA) is 92.3 Å². The van der Waals surface area contributed by atoms with Crippen molar-refractivity contribution in [3.63, 3.8) is 0 Å². The highest BCUT2D eigenvalue weighted by Crippen LogP contribution is 2.34. The summed E-state index contributed by atoms with van der Waals surface area (Å²) in [6, 6.07) is 4.98. The highest BCUT2D eigenvalue weighted by atomic mass is 32.2. The number of carbonyl (C=O) groups is 2. The molecule has 0 spiro atoms. The summed E-state index contributed by atoms with van der Waals surface area (Å²) in [5.41, 5.74) is 0.526. The molecular weight excluding hydrogens is 348 g/mol. The Morgan fingerprint density at radius 2 is 2.12 bits per heavy atom. The number of carbonyl (C=O) groups excluding carboxylic acids is 2. The van der Waals surface area contributed by atoms with Crippen LogP contribution in [-0.2, 0) is 19.4 Å². The molecule has 1 saturated carbocycles. The van der Waals surface area contributed by atoms with Crippen molar-refractivity contribution >= 4 is 39.1 Å². The second-order valence-electron chi connectivity index (χ2n) is 6.27. The smallest absolute Gasteiger partial charge is 0.228 e. The van der Waals surface area contributed by atoms with Gasteiger partial charge in [-0.25, -0.2) is 8.42 Å². The van der Waals surface area contributed by atoms with Crippen LogP contribution < -0.4 is 10.6 Å². The summed E-state index contributed by atoms with van der Waals surface area (Å²) in [5.74, 6) is -0.0459. The summed E-state index contributed by atoms with van der Waals surface area (Å²) in [4.78, 5) is 24.6. The maximum absolute atomic E-state index is 12.5. The average molecular weight is 368 g/mol. The van der Waals surface area contributed by atoms with Gasteiger partial charge in [-0.05, 0) is 31.0 Å². The number of thioether (sulfide) groups is 1. The first-order valence-corrected chi connectivity index (χ1v) is 10.6. The molecule has 2 N–H and O–H groups in total. The third kappa shape index (κ3) is 4.10. The van der Waals surface area contributed by atoms with Crippen LogP contribution >= 0.6 is 11.8 Å². The minimum absolute atomic E-state index is 0.0476. The van der Waals surface area contributed by atoms with Gasteiger partial charge in [0.15, 0.2) is 9.84 Å².